The zero-order valence-electron chi connectivity index (χ0n) is 23.4. The number of nitrogens with one attached hydrogen (secondary N) is 1. The van der Waals surface area contributed by atoms with Gasteiger partial charge in [-0.3, -0.25) is 15.1 Å². The van der Waals surface area contributed by atoms with E-state index in [1.807, 2.05) is 48.5 Å². The lowest BCUT2D eigenvalue weighted by atomic mass is 9.99. The third kappa shape index (κ3) is 8.25. The van der Waals surface area contributed by atoms with Crippen molar-refractivity contribution < 1.29 is 24.1 Å². The quantitative estimate of drug-likeness (QED) is 0.328. The Morgan fingerprint density at radius 3 is 2.27 bits per heavy atom. The minimum atomic E-state index is -0.544. The maximum atomic E-state index is 11.9. The lowest BCUT2D eigenvalue weighted by Gasteiger charge is -2.40. The first-order valence-electron chi connectivity index (χ1n) is 14.2. The molecule has 2 aliphatic rings. The van der Waals surface area contributed by atoms with E-state index in [0.29, 0.717) is 5.69 Å². The van der Waals surface area contributed by atoms with Crippen LogP contribution in [-0.2, 0) is 27.4 Å². The highest BCUT2D eigenvalue weighted by molar-refractivity contribution is 5.84. The molecule has 0 radical (unpaired) electrons. The fourth-order valence-corrected chi connectivity index (χ4v) is 5.30. The van der Waals surface area contributed by atoms with Crippen molar-refractivity contribution in [1.29, 1.82) is 0 Å². The van der Waals surface area contributed by atoms with Gasteiger partial charge in [-0.05, 0) is 28.8 Å². The molecule has 2 aliphatic heterocycles. The molecule has 0 aromatic heterocycles. The first kappa shape index (κ1) is 29.0. The topological polar surface area (TPSA) is 83.5 Å². The van der Waals surface area contributed by atoms with Gasteiger partial charge in [0.2, 0.25) is 0 Å². The minimum absolute atomic E-state index is 0.0105. The zero-order chi connectivity index (χ0) is 28.4. The predicted octanol–water partition coefficient (Wildman–Crippen LogP) is 5.28. The van der Waals surface area contributed by atoms with E-state index in [-0.39, 0.29) is 25.4 Å². The van der Waals surface area contributed by atoms with E-state index in [0.717, 1.165) is 62.4 Å². The molecular weight excluding hydrogens is 518 g/mol. The zero-order valence-corrected chi connectivity index (χ0v) is 23.4. The van der Waals surface area contributed by atoms with Crippen molar-refractivity contribution in [1.82, 2.24) is 9.80 Å². The van der Waals surface area contributed by atoms with Crippen LogP contribution in [0.4, 0.5) is 10.5 Å². The van der Waals surface area contributed by atoms with Gasteiger partial charge >= 0.3 is 6.09 Å². The minimum Gasteiger partial charge on any atom is -0.445 e. The Hall–Kier alpha value is -3.53. The molecule has 0 spiro atoms. The van der Waals surface area contributed by atoms with Crippen LogP contribution in [0.3, 0.4) is 0 Å². The molecule has 2 N–H and O–H groups in total. The van der Waals surface area contributed by atoms with Crippen molar-refractivity contribution in [3.63, 3.8) is 0 Å². The SMILES string of the molecule is C=CCOC(=O)Nc1ccc([C@H]2O[C@@H](CN3CCN(Cc4ccccc4)CC3)C[C@@H](c3ccc(CO)cc3)O2)cc1. The van der Waals surface area contributed by atoms with Crippen LogP contribution in [-0.4, -0.2) is 66.4 Å². The maximum Gasteiger partial charge on any atom is 0.411 e. The van der Waals surface area contributed by atoms with Crippen LogP contribution in [0, 0.1) is 0 Å². The van der Waals surface area contributed by atoms with Crippen LogP contribution in [0.25, 0.3) is 0 Å². The molecule has 0 bridgehead atoms. The number of amides is 1. The summed E-state index contributed by atoms with van der Waals surface area (Å²) in [7, 11) is 0. The van der Waals surface area contributed by atoms with Crippen molar-refractivity contribution in [3.05, 3.63) is 114 Å². The molecule has 0 unspecified atom stereocenters. The van der Waals surface area contributed by atoms with Gasteiger partial charge in [0.05, 0.1) is 18.8 Å². The molecule has 3 atom stereocenters. The number of aliphatic hydroxyl groups is 1. The smallest absolute Gasteiger partial charge is 0.411 e. The summed E-state index contributed by atoms with van der Waals surface area (Å²) in [6.45, 7) is 9.57. The van der Waals surface area contributed by atoms with Crippen LogP contribution in [0.2, 0.25) is 0 Å². The highest BCUT2D eigenvalue weighted by atomic mass is 16.7. The largest absolute Gasteiger partial charge is 0.445 e. The number of benzene rings is 3. The van der Waals surface area contributed by atoms with E-state index < -0.39 is 12.4 Å². The molecule has 0 saturated carbocycles. The number of nitrogens with zero attached hydrogens (tertiary/aromatic N) is 2. The van der Waals surface area contributed by atoms with Crippen LogP contribution in [0.1, 0.15) is 41.1 Å². The maximum absolute atomic E-state index is 11.9. The molecule has 5 rings (SSSR count). The van der Waals surface area contributed by atoms with E-state index in [1.165, 1.54) is 11.6 Å². The first-order valence-corrected chi connectivity index (χ1v) is 14.2. The van der Waals surface area contributed by atoms with Gasteiger partial charge in [-0.15, -0.1) is 0 Å². The number of aliphatic hydroxyl groups excluding tert-OH is 1. The van der Waals surface area contributed by atoms with Crippen molar-refractivity contribution in [2.45, 2.75) is 38.1 Å². The number of carbonyl (C=O) groups excluding carboxylic acids is 1. The Kier molecular flexibility index (Phi) is 10.2. The molecule has 8 heteroatoms. The van der Waals surface area contributed by atoms with Gasteiger partial charge in [0.25, 0.3) is 0 Å². The monoisotopic (exact) mass is 557 g/mol. The van der Waals surface area contributed by atoms with E-state index in [4.69, 9.17) is 14.2 Å². The van der Waals surface area contributed by atoms with Gasteiger partial charge in [-0.25, -0.2) is 4.79 Å². The molecule has 3 aromatic carbocycles. The van der Waals surface area contributed by atoms with Crippen LogP contribution < -0.4 is 5.32 Å². The molecular formula is C33H39N3O5. The Balaban J connectivity index is 1.23. The first-order chi connectivity index (χ1) is 20.1. The van der Waals surface area contributed by atoms with E-state index >= 15 is 0 Å². The molecule has 216 valence electrons. The number of ether oxygens (including phenoxy) is 3. The summed E-state index contributed by atoms with van der Waals surface area (Å²) in [6, 6.07) is 26.0. The number of rotatable bonds is 10. The molecule has 2 saturated heterocycles. The van der Waals surface area contributed by atoms with Gasteiger partial charge in [0, 0.05) is 56.9 Å². The van der Waals surface area contributed by atoms with Crippen molar-refractivity contribution in [2.24, 2.45) is 0 Å². The third-order valence-corrected chi connectivity index (χ3v) is 7.55. The Bertz CT molecular complexity index is 1240. The number of anilines is 1. The standard InChI is InChI=1S/C33H39N3O5/c1-2-20-39-33(38)34-29-14-12-28(13-15-29)32-40-30(21-31(41-32)27-10-8-26(24-37)9-11-27)23-36-18-16-35(17-19-36)22-25-6-4-3-5-7-25/h2-15,30-32,37H,1,16-24H2,(H,34,38)/t30-,31+,32+/m1/s1. The molecule has 1 amide bonds. The Labute approximate surface area is 242 Å². The van der Waals surface area contributed by atoms with Crippen LogP contribution in [0.15, 0.2) is 91.5 Å². The third-order valence-electron chi connectivity index (χ3n) is 7.55. The highest BCUT2D eigenvalue weighted by Gasteiger charge is 2.33. The second kappa shape index (κ2) is 14.4. The van der Waals surface area contributed by atoms with Crippen molar-refractivity contribution in [2.75, 3.05) is 44.6 Å². The van der Waals surface area contributed by atoms with Gasteiger partial charge in [0.1, 0.15) is 6.61 Å². The second-order valence-electron chi connectivity index (χ2n) is 10.5. The molecule has 2 fully saturated rings. The van der Waals surface area contributed by atoms with E-state index in [2.05, 4.69) is 52.0 Å². The Morgan fingerprint density at radius 2 is 1.59 bits per heavy atom. The van der Waals surface area contributed by atoms with Gasteiger partial charge in [-0.1, -0.05) is 79.4 Å². The summed E-state index contributed by atoms with van der Waals surface area (Å²) in [5, 5.41) is 12.2. The second-order valence-corrected chi connectivity index (χ2v) is 10.5. The summed E-state index contributed by atoms with van der Waals surface area (Å²) in [5.74, 6) is 0. The summed E-state index contributed by atoms with van der Waals surface area (Å²) in [4.78, 5) is 16.9. The fourth-order valence-electron chi connectivity index (χ4n) is 5.30. The van der Waals surface area contributed by atoms with Crippen LogP contribution >= 0.6 is 0 Å². The van der Waals surface area contributed by atoms with Gasteiger partial charge in [-0.2, -0.15) is 0 Å². The van der Waals surface area contributed by atoms with Crippen molar-refractivity contribution >= 4 is 11.8 Å². The molecule has 8 nitrogen and oxygen atoms in total. The highest BCUT2D eigenvalue weighted by Crippen LogP contribution is 2.38. The number of carbonyl (C=O) groups is 1. The van der Waals surface area contributed by atoms with Gasteiger partial charge < -0.3 is 19.3 Å². The predicted molar refractivity (Wildman–Crippen MR) is 158 cm³/mol. The van der Waals surface area contributed by atoms with Gasteiger partial charge in [0.15, 0.2) is 6.29 Å². The molecule has 41 heavy (non-hydrogen) atoms. The normalized spacial score (nSPS) is 21.7. The molecule has 3 aromatic rings. The van der Waals surface area contributed by atoms with Crippen molar-refractivity contribution in [3.8, 4) is 0 Å². The molecule has 2 heterocycles. The summed E-state index contributed by atoms with van der Waals surface area (Å²) < 4.78 is 18.0. The average Bonchev–Trinajstić information content (AvgIpc) is 3.02. The number of hydrogen-bond donors (Lipinski definition) is 2. The Morgan fingerprint density at radius 1 is 0.902 bits per heavy atom. The summed E-state index contributed by atoms with van der Waals surface area (Å²) in [6.07, 6.45) is 1.04. The number of hydrogen-bond acceptors (Lipinski definition) is 7. The lowest BCUT2D eigenvalue weighted by Crippen LogP contribution is -2.49. The summed E-state index contributed by atoms with van der Waals surface area (Å²) in [5.41, 5.74) is 4.79. The average molecular weight is 558 g/mol. The summed E-state index contributed by atoms with van der Waals surface area (Å²) >= 11 is 0. The van der Waals surface area contributed by atoms with E-state index in [9.17, 15) is 9.90 Å². The number of piperazine rings is 1. The lowest BCUT2D eigenvalue weighted by molar-refractivity contribution is -0.253. The van der Waals surface area contributed by atoms with Crippen LogP contribution in [0.5, 0.6) is 0 Å². The van der Waals surface area contributed by atoms with E-state index in [1.54, 1.807) is 0 Å². The fraction of sp³-hybridized carbons (Fsp3) is 0.364. The molecule has 0 aliphatic carbocycles.